The highest BCUT2D eigenvalue weighted by molar-refractivity contribution is 6.06. The Morgan fingerprint density at radius 3 is 2.46 bits per heavy atom. The molecule has 0 spiro atoms. The van der Waals surface area contributed by atoms with E-state index in [-0.39, 0.29) is 33.8 Å². The highest BCUT2D eigenvalue weighted by Crippen LogP contribution is 2.71. The first-order valence-electron chi connectivity index (χ1n) is 13.5. The largest absolute Gasteiger partial charge is 0.504 e. The van der Waals surface area contributed by atoms with Crippen molar-refractivity contribution >= 4 is 11.8 Å². The Morgan fingerprint density at radius 2 is 1.80 bits per heavy atom. The molecule has 0 bridgehead atoms. The smallest absolute Gasteiger partial charge is 0.311 e. The molecule has 0 unspecified atom stereocenters. The normalized spacial score (nSPS) is 42.0. The fraction of sp³-hybridized carbons (Fsp3) is 0.677. The van der Waals surface area contributed by atoms with Gasteiger partial charge < -0.3 is 9.84 Å². The van der Waals surface area contributed by atoms with Crippen LogP contribution in [0.5, 0.6) is 0 Å². The van der Waals surface area contributed by atoms with Gasteiger partial charge in [0.15, 0.2) is 5.76 Å². The molecule has 4 rings (SSSR count). The quantitative estimate of drug-likeness (QED) is 0.423. The van der Waals surface area contributed by atoms with E-state index in [2.05, 4.69) is 46.8 Å². The van der Waals surface area contributed by atoms with E-state index in [1.165, 1.54) is 25.5 Å². The standard InChI is InChI=1S/C31H44O4/c1-8-21-18-24(32)26(33)20(2)23(21)12-11-22-10-9-13-31(6)25-19-29(4,27(34)35-7)15-14-28(25,3)16-17-30(22,31)5/h11-12,18,25,33H,8-10,13-17,19H2,1-7H3/b22-11+,23-12-/t25-,28-,29-,30-,31+/m1/s1. The van der Waals surface area contributed by atoms with Crippen molar-refractivity contribution in [2.45, 2.75) is 99.3 Å². The van der Waals surface area contributed by atoms with Crippen LogP contribution in [0, 0.1) is 27.6 Å². The molecule has 192 valence electrons. The van der Waals surface area contributed by atoms with Gasteiger partial charge in [0, 0.05) is 5.57 Å². The van der Waals surface area contributed by atoms with Gasteiger partial charge in [-0.25, -0.2) is 0 Å². The van der Waals surface area contributed by atoms with Crippen LogP contribution in [0.15, 0.2) is 46.3 Å². The van der Waals surface area contributed by atoms with Crippen LogP contribution in [-0.2, 0) is 14.3 Å². The number of aliphatic hydroxyl groups excluding tert-OH is 1. The molecule has 4 heteroatoms. The lowest BCUT2D eigenvalue weighted by Crippen LogP contribution is -2.59. The van der Waals surface area contributed by atoms with Gasteiger partial charge in [-0.05, 0) is 111 Å². The fourth-order valence-electron chi connectivity index (χ4n) is 8.20. The number of methoxy groups -OCH3 is 1. The monoisotopic (exact) mass is 480 g/mol. The van der Waals surface area contributed by atoms with E-state index in [4.69, 9.17) is 4.74 Å². The van der Waals surface area contributed by atoms with E-state index in [1.54, 1.807) is 6.08 Å². The molecule has 0 aromatic rings. The molecule has 5 atom stereocenters. The number of hydrogen-bond donors (Lipinski definition) is 1. The summed E-state index contributed by atoms with van der Waals surface area (Å²) in [6.07, 6.45) is 15.4. The van der Waals surface area contributed by atoms with Crippen LogP contribution in [0.3, 0.4) is 0 Å². The van der Waals surface area contributed by atoms with Crippen LogP contribution in [0.2, 0.25) is 0 Å². The second-order valence-corrected chi connectivity index (χ2v) is 12.7. The predicted molar refractivity (Wildman–Crippen MR) is 140 cm³/mol. The van der Waals surface area contributed by atoms with Crippen LogP contribution in [-0.4, -0.2) is 24.0 Å². The summed E-state index contributed by atoms with van der Waals surface area (Å²) >= 11 is 0. The lowest BCUT2D eigenvalue weighted by Gasteiger charge is -2.67. The minimum Gasteiger partial charge on any atom is -0.504 e. The maximum absolute atomic E-state index is 12.8. The first kappa shape index (κ1) is 26.0. The minimum atomic E-state index is -0.404. The second kappa shape index (κ2) is 8.78. The number of fused-ring (bicyclic) bond motifs is 3. The Hall–Kier alpha value is -2.10. The number of rotatable bonds is 3. The molecule has 0 aromatic carbocycles. The average Bonchev–Trinajstić information content (AvgIpc) is 2.83. The van der Waals surface area contributed by atoms with E-state index in [0.29, 0.717) is 11.5 Å². The van der Waals surface area contributed by atoms with Gasteiger partial charge in [-0.1, -0.05) is 45.4 Å². The zero-order valence-corrected chi connectivity index (χ0v) is 22.8. The number of aliphatic hydroxyl groups is 1. The molecule has 3 saturated carbocycles. The van der Waals surface area contributed by atoms with Gasteiger partial charge in [-0.2, -0.15) is 0 Å². The van der Waals surface area contributed by atoms with Crippen molar-refractivity contribution in [1.29, 1.82) is 0 Å². The molecule has 4 nitrogen and oxygen atoms in total. The van der Waals surface area contributed by atoms with Gasteiger partial charge in [0.1, 0.15) is 0 Å². The van der Waals surface area contributed by atoms with Gasteiger partial charge in [-0.15, -0.1) is 0 Å². The van der Waals surface area contributed by atoms with Gasteiger partial charge >= 0.3 is 5.97 Å². The molecule has 0 aliphatic heterocycles. The Morgan fingerprint density at radius 1 is 1.11 bits per heavy atom. The van der Waals surface area contributed by atoms with Crippen molar-refractivity contribution < 1.29 is 19.4 Å². The molecule has 0 saturated heterocycles. The van der Waals surface area contributed by atoms with Crippen molar-refractivity contribution in [2.75, 3.05) is 7.11 Å². The predicted octanol–water partition coefficient (Wildman–Crippen LogP) is 7.57. The third-order valence-electron chi connectivity index (χ3n) is 11.0. The molecule has 1 N–H and O–H groups in total. The van der Waals surface area contributed by atoms with E-state index in [0.717, 1.165) is 56.1 Å². The summed E-state index contributed by atoms with van der Waals surface area (Å²) < 4.78 is 5.26. The summed E-state index contributed by atoms with van der Waals surface area (Å²) in [6.45, 7) is 13.4. The molecular formula is C31H44O4. The Labute approximate surface area is 211 Å². The number of carbonyl (C=O) groups excluding carboxylic acids is 2. The maximum Gasteiger partial charge on any atom is 0.311 e. The maximum atomic E-state index is 12.8. The second-order valence-electron chi connectivity index (χ2n) is 12.7. The molecule has 0 heterocycles. The molecule has 3 fully saturated rings. The van der Waals surface area contributed by atoms with Gasteiger partial charge in [0.25, 0.3) is 0 Å². The molecule has 0 aromatic heterocycles. The van der Waals surface area contributed by atoms with Crippen LogP contribution in [0.4, 0.5) is 0 Å². The van der Waals surface area contributed by atoms with Crippen molar-refractivity contribution in [1.82, 2.24) is 0 Å². The number of ketones is 1. The highest BCUT2D eigenvalue weighted by Gasteiger charge is 2.63. The first-order chi connectivity index (χ1) is 16.3. The number of carbonyl (C=O) groups is 2. The summed E-state index contributed by atoms with van der Waals surface area (Å²) in [7, 11) is 1.52. The average molecular weight is 481 g/mol. The van der Waals surface area contributed by atoms with Crippen LogP contribution in [0.25, 0.3) is 0 Å². The fourth-order valence-corrected chi connectivity index (χ4v) is 8.20. The molecule has 4 aliphatic carbocycles. The van der Waals surface area contributed by atoms with E-state index in [9.17, 15) is 14.7 Å². The zero-order chi connectivity index (χ0) is 25.8. The third-order valence-corrected chi connectivity index (χ3v) is 11.0. The molecule has 35 heavy (non-hydrogen) atoms. The number of hydrogen-bond acceptors (Lipinski definition) is 4. The van der Waals surface area contributed by atoms with Crippen LogP contribution < -0.4 is 0 Å². The summed E-state index contributed by atoms with van der Waals surface area (Å²) in [4.78, 5) is 24.9. The molecule has 4 aliphatic rings. The number of esters is 1. The third kappa shape index (κ3) is 3.86. The summed E-state index contributed by atoms with van der Waals surface area (Å²) in [5, 5.41) is 10.3. The lowest BCUT2D eigenvalue weighted by molar-refractivity contribution is -0.176. The van der Waals surface area contributed by atoms with Crippen molar-refractivity contribution in [3.05, 3.63) is 46.3 Å². The first-order valence-corrected chi connectivity index (χ1v) is 13.5. The number of ether oxygens (including phenoxy) is 1. The Balaban J connectivity index is 1.75. The summed E-state index contributed by atoms with van der Waals surface area (Å²) in [5.74, 6) is -0.0188. The van der Waals surface area contributed by atoms with Gasteiger partial charge in [0.2, 0.25) is 5.78 Å². The Bertz CT molecular complexity index is 1060. The van der Waals surface area contributed by atoms with Gasteiger partial charge in [0.05, 0.1) is 12.5 Å². The number of allylic oxidation sites excluding steroid dienone is 7. The van der Waals surface area contributed by atoms with Crippen molar-refractivity contribution in [3.63, 3.8) is 0 Å². The summed E-state index contributed by atoms with van der Waals surface area (Å²) in [5.41, 5.74) is 4.14. The molecule has 0 radical (unpaired) electrons. The van der Waals surface area contributed by atoms with Gasteiger partial charge in [-0.3, -0.25) is 9.59 Å². The highest BCUT2D eigenvalue weighted by atomic mass is 16.5. The van der Waals surface area contributed by atoms with E-state index < -0.39 is 5.41 Å². The zero-order valence-electron chi connectivity index (χ0n) is 22.8. The Kier molecular flexibility index (Phi) is 6.52. The van der Waals surface area contributed by atoms with Crippen molar-refractivity contribution in [3.8, 4) is 0 Å². The molecule has 0 amide bonds. The topological polar surface area (TPSA) is 63.6 Å². The van der Waals surface area contributed by atoms with E-state index in [1.807, 2.05) is 6.92 Å². The minimum absolute atomic E-state index is 0.0560. The van der Waals surface area contributed by atoms with Crippen LogP contribution >= 0.6 is 0 Å². The summed E-state index contributed by atoms with van der Waals surface area (Å²) in [6, 6.07) is 0. The molecular weight excluding hydrogens is 436 g/mol. The SMILES string of the molecule is CCC1=CC(=O)C(O)=C(C)/C1=C/C=C1\CCC[C@@]2(C)[C@@H]3C[C@](C)(C(=O)OC)CC[C@]3(C)CC[C@]12C. The lowest BCUT2D eigenvalue weighted by atomic mass is 9.37. The van der Waals surface area contributed by atoms with Crippen molar-refractivity contribution in [2.24, 2.45) is 27.6 Å². The van der Waals surface area contributed by atoms with E-state index >= 15 is 0 Å². The van der Waals surface area contributed by atoms with Crippen LogP contribution in [0.1, 0.15) is 99.3 Å².